The van der Waals surface area contributed by atoms with Crippen LogP contribution in [0.2, 0.25) is 0 Å². The molecule has 0 bridgehead atoms. The van der Waals surface area contributed by atoms with Crippen molar-refractivity contribution in [3.05, 3.63) is 71.8 Å². The lowest BCUT2D eigenvalue weighted by atomic mass is 9.88. The molecule has 2 aromatic carbocycles. The van der Waals surface area contributed by atoms with E-state index in [4.69, 9.17) is 9.47 Å². The van der Waals surface area contributed by atoms with E-state index in [1.807, 2.05) is 66.7 Å². The average molecular weight is 352 g/mol. The summed E-state index contributed by atoms with van der Waals surface area (Å²) < 4.78 is 10.3. The molecular formula is C22H24O4. The number of hydrogen-bond donors (Lipinski definition) is 0. The summed E-state index contributed by atoms with van der Waals surface area (Å²) in [7, 11) is 0. The Balaban J connectivity index is 2.48. The van der Waals surface area contributed by atoms with Crippen LogP contribution in [0.5, 0.6) is 0 Å². The fourth-order valence-electron chi connectivity index (χ4n) is 2.69. The van der Waals surface area contributed by atoms with Crippen LogP contribution < -0.4 is 0 Å². The summed E-state index contributed by atoms with van der Waals surface area (Å²) in [6.45, 7) is 4.03. The fourth-order valence-corrected chi connectivity index (χ4v) is 2.69. The van der Waals surface area contributed by atoms with Crippen LogP contribution in [0.15, 0.2) is 60.7 Å². The Morgan fingerprint density at radius 1 is 0.885 bits per heavy atom. The van der Waals surface area contributed by atoms with Crippen molar-refractivity contribution in [1.82, 2.24) is 0 Å². The Morgan fingerprint density at radius 2 is 1.46 bits per heavy atom. The predicted octanol–water partition coefficient (Wildman–Crippen LogP) is 4.36. The second-order valence-corrected chi connectivity index (χ2v) is 5.69. The zero-order valence-corrected chi connectivity index (χ0v) is 15.2. The second kappa shape index (κ2) is 10.2. The molecule has 2 aromatic rings. The molecule has 0 aliphatic carbocycles. The smallest absolute Gasteiger partial charge is 0.314 e. The summed E-state index contributed by atoms with van der Waals surface area (Å²) in [6.07, 6.45) is 1.87. The molecule has 1 atom stereocenters. The Hall–Kier alpha value is -2.88. The van der Waals surface area contributed by atoms with Gasteiger partial charge >= 0.3 is 11.9 Å². The summed E-state index contributed by atoms with van der Waals surface area (Å²) in [5.74, 6) is -1.57. The van der Waals surface area contributed by atoms with E-state index in [0.29, 0.717) is 0 Å². The third-order valence-corrected chi connectivity index (χ3v) is 3.85. The van der Waals surface area contributed by atoms with Gasteiger partial charge in [-0.2, -0.15) is 0 Å². The topological polar surface area (TPSA) is 52.6 Å². The number of hydrogen-bond acceptors (Lipinski definition) is 4. The lowest BCUT2D eigenvalue weighted by molar-refractivity contribution is -0.152. The summed E-state index contributed by atoms with van der Waals surface area (Å²) in [5.41, 5.74) is 2.56. The molecule has 136 valence electrons. The molecule has 0 saturated carbocycles. The molecule has 0 fully saturated rings. The quantitative estimate of drug-likeness (QED) is 0.523. The van der Waals surface area contributed by atoms with E-state index >= 15 is 0 Å². The van der Waals surface area contributed by atoms with Gasteiger partial charge in [-0.15, -0.1) is 0 Å². The lowest BCUT2D eigenvalue weighted by Crippen LogP contribution is -2.23. The number of benzene rings is 2. The first-order valence-corrected chi connectivity index (χ1v) is 8.80. The molecule has 0 heterocycles. The summed E-state index contributed by atoms with van der Waals surface area (Å²) in [4.78, 5) is 24.7. The SMILES string of the molecule is CCOC(=O)CC(C(=O)OCC)/C(=C/c1ccccc1)c1ccccc1. The molecule has 0 aliphatic heterocycles. The van der Waals surface area contributed by atoms with Gasteiger partial charge in [0.25, 0.3) is 0 Å². The molecule has 4 heteroatoms. The molecule has 0 aliphatic rings. The van der Waals surface area contributed by atoms with Gasteiger partial charge in [0.15, 0.2) is 0 Å². The Bertz CT molecular complexity index is 735. The molecule has 26 heavy (non-hydrogen) atoms. The zero-order valence-electron chi connectivity index (χ0n) is 15.2. The average Bonchev–Trinajstić information content (AvgIpc) is 2.66. The molecule has 0 N–H and O–H groups in total. The van der Waals surface area contributed by atoms with Crippen molar-refractivity contribution in [3.63, 3.8) is 0 Å². The minimum Gasteiger partial charge on any atom is -0.466 e. The minimum absolute atomic E-state index is 0.0553. The van der Waals surface area contributed by atoms with Crippen LogP contribution in [0.4, 0.5) is 0 Å². The molecule has 0 amide bonds. The van der Waals surface area contributed by atoms with Crippen molar-refractivity contribution in [2.45, 2.75) is 20.3 Å². The highest BCUT2D eigenvalue weighted by Crippen LogP contribution is 2.30. The highest BCUT2D eigenvalue weighted by molar-refractivity contribution is 5.97. The maximum atomic E-state index is 12.6. The third-order valence-electron chi connectivity index (χ3n) is 3.85. The van der Waals surface area contributed by atoms with Gasteiger partial charge in [-0.25, -0.2) is 0 Å². The van der Waals surface area contributed by atoms with Gasteiger partial charge in [0, 0.05) is 0 Å². The van der Waals surface area contributed by atoms with Crippen LogP contribution in [-0.2, 0) is 19.1 Å². The van der Waals surface area contributed by atoms with E-state index in [1.165, 1.54) is 0 Å². The van der Waals surface area contributed by atoms with Crippen molar-refractivity contribution in [3.8, 4) is 0 Å². The van der Waals surface area contributed by atoms with Gasteiger partial charge in [0.05, 0.1) is 25.6 Å². The Kier molecular flexibility index (Phi) is 7.62. The predicted molar refractivity (Wildman–Crippen MR) is 102 cm³/mol. The number of esters is 2. The molecule has 0 spiro atoms. The van der Waals surface area contributed by atoms with E-state index in [-0.39, 0.29) is 19.6 Å². The fraction of sp³-hybridized carbons (Fsp3) is 0.273. The van der Waals surface area contributed by atoms with Gasteiger partial charge in [0.2, 0.25) is 0 Å². The van der Waals surface area contributed by atoms with Crippen LogP contribution in [0.1, 0.15) is 31.4 Å². The molecule has 0 radical (unpaired) electrons. The van der Waals surface area contributed by atoms with Crippen molar-refractivity contribution >= 4 is 23.6 Å². The van der Waals surface area contributed by atoms with Crippen molar-refractivity contribution < 1.29 is 19.1 Å². The van der Waals surface area contributed by atoms with Gasteiger partial charge in [-0.05, 0) is 30.5 Å². The maximum Gasteiger partial charge on any atom is 0.314 e. The van der Waals surface area contributed by atoms with Crippen LogP contribution in [0.25, 0.3) is 11.6 Å². The van der Waals surface area contributed by atoms with E-state index in [1.54, 1.807) is 13.8 Å². The van der Waals surface area contributed by atoms with E-state index in [9.17, 15) is 9.59 Å². The second-order valence-electron chi connectivity index (χ2n) is 5.69. The summed E-state index contributed by atoms with van der Waals surface area (Å²) in [5, 5.41) is 0. The number of carbonyl (C=O) groups excluding carboxylic acids is 2. The highest BCUT2D eigenvalue weighted by Gasteiger charge is 2.28. The largest absolute Gasteiger partial charge is 0.466 e. The van der Waals surface area contributed by atoms with Gasteiger partial charge in [0.1, 0.15) is 0 Å². The molecular weight excluding hydrogens is 328 g/mol. The zero-order chi connectivity index (χ0) is 18.8. The third kappa shape index (κ3) is 5.59. The molecule has 1 unspecified atom stereocenters. The van der Waals surface area contributed by atoms with Crippen molar-refractivity contribution in [1.29, 1.82) is 0 Å². The normalized spacial score (nSPS) is 12.3. The maximum absolute atomic E-state index is 12.6. The van der Waals surface area contributed by atoms with E-state index in [0.717, 1.165) is 16.7 Å². The van der Waals surface area contributed by atoms with Crippen LogP contribution in [0.3, 0.4) is 0 Å². The van der Waals surface area contributed by atoms with E-state index in [2.05, 4.69) is 0 Å². The number of ether oxygens (including phenoxy) is 2. The molecule has 0 saturated heterocycles. The van der Waals surface area contributed by atoms with Crippen LogP contribution >= 0.6 is 0 Å². The molecule has 4 nitrogen and oxygen atoms in total. The Labute approximate surface area is 154 Å². The van der Waals surface area contributed by atoms with Gasteiger partial charge < -0.3 is 9.47 Å². The standard InChI is InChI=1S/C22H24O4/c1-3-25-21(23)16-20(22(24)26-4-2)19(18-13-9-6-10-14-18)15-17-11-7-5-8-12-17/h5-15,20H,3-4,16H2,1-2H3/b19-15+. The van der Waals surface area contributed by atoms with Gasteiger partial charge in [-0.1, -0.05) is 66.7 Å². The molecule has 0 aromatic heterocycles. The monoisotopic (exact) mass is 352 g/mol. The number of carbonyl (C=O) groups is 2. The van der Waals surface area contributed by atoms with Crippen LogP contribution in [-0.4, -0.2) is 25.2 Å². The lowest BCUT2D eigenvalue weighted by Gasteiger charge is -2.19. The van der Waals surface area contributed by atoms with Crippen molar-refractivity contribution in [2.75, 3.05) is 13.2 Å². The first-order chi connectivity index (χ1) is 12.7. The first kappa shape index (κ1) is 19.4. The minimum atomic E-state index is -0.725. The highest BCUT2D eigenvalue weighted by atomic mass is 16.5. The summed E-state index contributed by atoms with van der Waals surface area (Å²) in [6, 6.07) is 19.3. The number of rotatable bonds is 8. The first-order valence-electron chi connectivity index (χ1n) is 8.80. The summed E-state index contributed by atoms with van der Waals surface area (Å²) >= 11 is 0. The van der Waals surface area contributed by atoms with Crippen molar-refractivity contribution in [2.24, 2.45) is 5.92 Å². The Morgan fingerprint density at radius 3 is 2.04 bits per heavy atom. The van der Waals surface area contributed by atoms with E-state index < -0.39 is 17.9 Å². The van der Waals surface area contributed by atoms with Crippen LogP contribution in [0, 0.1) is 5.92 Å². The molecule has 2 rings (SSSR count). The van der Waals surface area contributed by atoms with Gasteiger partial charge in [-0.3, -0.25) is 9.59 Å².